The van der Waals surface area contributed by atoms with E-state index < -0.39 is 18.1 Å². The molecule has 6 heterocycles. The van der Waals surface area contributed by atoms with Gasteiger partial charge in [0.15, 0.2) is 18.1 Å². The standard InChI is InChI=1S/C35H38N4O8/c1-44-29-17-26-11-10-24(29)18-36-32(40)13-9-22-8-12-28(30(15-22)45-2)46-21-33(41)37-27-19-38(20-31(27)47-26)35(43)23-5-3-6-25(16-23)39-14-4-7-34(39)42/h3,5-6,8,10-12,15-17,27,31H,4,7,9,13-14,18-21H2,1-2H3,(H,36,40)(H,37,41)/t27-,31-/m1/s1. The van der Waals surface area contributed by atoms with Gasteiger partial charge in [-0.05, 0) is 60.9 Å². The maximum atomic E-state index is 13.8. The number of likely N-dealkylation sites (tertiary alicyclic amines) is 1. The molecule has 2 fully saturated rings. The summed E-state index contributed by atoms with van der Waals surface area (Å²) in [6, 6.07) is 17.2. The molecular weight excluding hydrogens is 604 g/mol. The Morgan fingerprint density at radius 1 is 0.894 bits per heavy atom. The summed E-state index contributed by atoms with van der Waals surface area (Å²) in [6.45, 7) is 1.000. The van der Waals surface area contributed by atoms with Gasteiger partial charge in [0.2, 0.25) is 11.8 Å². The zero-order chi connectivity index (χ0) is 32.9. The molecular formula is C35H38N4O8. The predicted molar refractivity (Wildman–Crippen MR) is 172 cm³/mol. The van der Waals surface area contributed by atoms with Crippen LogP contribution in [-0.2, 0) is 27.3 Å². The summed E-state index contributed by atoms with van der Waals surface area (Å²) >= 11 is 0. The largest absolute Gasteiger partial charge is 0.496 e. The van der Waals surface area contributed by atoms with Gasteiger partial charge in [-0.15, -0.1) is 0 Å². The number of amides is 4. The molecule has 9 rings (SSSR count). The second kappa shape index (κ2) is 14.0. The minimum absolute atomic E-state index is 0.0411. The summed E-state index contributed by atoms with van der Waals surface area (Å²) in [4.78, 5) is 55.3. The molecule has 0 saturated carbocycles. The van der Waals surface area contributed by atoms with Crippen molar-refractivity contribution in [2.24, 2.45) is 0 Å². The Kier molecular flexibility index (Phi) is 9.46. The summed E-state index contributed by atoms with van der Waals surface area (Å²) in [5.74, 6) is 1.16. The lowest BCUT2D eigenvalue weighted by molar-refractivity contribution is -0.124. The maximum absolute atomic E-state index is 13.8. The van der Waals surface area contributed by atoms with Crippen LogP contribution in [0, 0.1) is 0 Å². The molecule has 0 spiro atoms. The summed E-state index contributed by atoms with van der Waals surface area (Å²) in [5, 5.41) is 5.94. The third-order valence-electron chi connectivity index (χ3n) is 8.63. The van der Waals surface area contributed by atoms with E-state index in [4.69, 9.17) is 18.9 Å². The van der Waals surface area contributed by atoms with Crippen LogP contribution < -0.4 is 34.5 Å². The van der Waals surface area contributed by atoms with Gasteiger partial charge in [-0.2, -0.15) is 0 Å². The predicted octanol–water partition coefficient (Wildman–Crippen LogP) is 2.86. The second-order valence-corrected chi connectivity index (χ2v) is 11.8. The molecule has 246 valence electrons. The Bertz CT molecular complexity index is 1680. The molecule has 12 heteroatoms. The Labute approximate surface area is 272 Å². The van der Waals surface area contributed by atoms with Gasteiger partial charge in [-0.25, -0.2) is 0 Å². The van der Waals surface area contributed by atoms with E-state index in [2.05, 4.69) is 10.6 Å². The van der Waals surface area contributed by atoms with Crippen molar-refractivity contribution < 1.29 is 38.1 Å². The van der Waals surface area contributed by atoms with Gasteiger partial charge in [0.1, 0.15) is 17.6 Å². The molecule has 0 aliphatic carbocycles. The first-order chi connectivity index (χ1) is 22.8. The van der Waals surface area contributed by atoms with Crippen molar-refractivity contribution >= 4 is 29.3 Å². The molecule has 3 aromatic carbocycles. The van der Waals surface area contributed by atoms with Gasteiger partial charge in [0, 0.05) is 55.4 Å². The van der Waals surface area contributed by atoms with E-state index in [0.29, 0.717) is 53.6 Å². The molecule has 6 aliphatic rings. The lowest BCUT2D eigenvalue weighted by Gasteiger charge is -2.22. The van der Waals surface area contributed by atoms with Crippen molar-refractivity contribution in [2.45, 2.75) is 44.4 Å². The van der Waals surface area contributed by atoms with E-state index in [1.54, 1.807) is 59.4 Å². The number of carbonyl (C=O) groups is 4. The fourth-order valence-corrected chi connectivity index (χ4v) is 6.15. The molecule has 12 nitrogen and oxygen atoms in total. The second-order valence-electron chi connectivity index (χ2n) is 11.8. The highest BCUT2D eigenvalue weighted by atomic mass is 16.5. The fraction of sp³-hybridized carbons (Fsp3) is 0.371. The lowest BCUT2D eigenvalue weighted by atomic mass is 10.1. The molecule has 2 atom stereocenters. The number of methoxy groups -OCH3 is 2. The van der Waals surface area contributed by atoms with Gasteiger partial charge in [0.05, 0.1) is 26.8 Å². The van der Waals surface area contributed by atoms with E-state index in [1.807, 2.05) is 18.2 Å². The van der Waals surface area contributed by atoms with Crippen LogP contribution >= 0.6 is 0 Å². The van der Waals surface area contributed by atoms with E-state index >= 15 is 0 Å². The van der Waals surface area contributed by atoms with Crippen LogP contribution in [-0.4, -0.2) is 81.1 Å². The average Bonchev–Trinajstić information content (AvgIpc) is 3.70. The molecule has 2 saturated heterocycles. The van der Waals surface area contributed by atoms with Crippen molar-refractivity contribution in [3.8, 4) is 23.0 Å². The first kappa shape index (κ1) is 31.7. The topological polar surface area (TPSA) is 136 Å². The van der Waals surface area contributed by atoms with E-state index in [0.717, 1.165) is 17.5 Å². The van der Waals surface area contributed by atoms with Gasteiger partial charge >= 0.3 is 0 Å². The Morgan fingerprint density at radius 2 is 1.74 bits per heavy atom. The molecule has 0 radical (unpaired) electrons. The number of anilines is 1. The van der Waals surface area contributed by atoms with Crippen LogP contribution in [0.3, 0.4) is 0 Å². The summed E-state index contributed by atoms with van der Waals surface area (Å²) < 4.78 is 23.3. The summed E-state index contributed by atoms with van der Waals surface area (Å²) in [5.41, 5.74) is 2.79. The number of benzene rings is 3. The molecule has 4 amide bonds. The van der Waals surface area contributed by atoms with E-state index in [9.17, 15) is 19.2 Å². The number of aryl methyl sites for hydroxylation is 1. The minimum atomic E-state index is -0.596. The first-order valence-electron chi connectivity index (χ1n) is 15.7. The lowest BCUT2D eigenvalue weighted by Crippen LogP contribution is -2.46. The fourth-order valence-electron chi connectivity index (χ4n) is 6.15. The third kappa shape index (κ3) is 7.26. The van der Waals surface area contributed by atoms with Gasteiger partial charge in [0.25, 0.3) is 11.8 Å². The highest BCUT2D eigenvalue weighted by Crippen LogP contribution is 2.30. The quantitative estimate of drug-likeness (QED) is 0.444. The Balaban J connectivity index is 1.26. The maximum Gasteiger partial charge on any atom is 0.258 e. The molecule has 3 aromatic rings. The smallest absolute Gasteiger partial charge is 0.258 e. The SMILES string of the molecule is COc1cc2ccc1CNC(=O)CCc1ccc(c(OC)c1)OCC(=O)N[C@@H]1CN(C(=O)c3cccc(N4CCCC4=O)c3)C[C@H]1O2. The normalized spacial score (nSPS) is 20.2. The van der Waals surface area contributed by atoms with Crippen LogP contribution in [0.2, 0.25) is 0 Å². The van der Waals surface area contributed by atoms with Gasteiger partial charge in [-0.1, -0.05) is 12.1 Å². The van der Waals surface area contributed by atoms with E-state index in [1.165, 1.54) is 7.11 Å². The third-order valence-corrected chi connectivity index (χ3v) is 8.63. The molecule has 2 N–H and O–H groups in total. The number of hydrogen-bond donors (Lipinski definition) is 2. The van der Waals surface area contributed by atoms with Crippen molar-refractivity contribution in [2.75, 3.05) is 45.4 Å². The molecule has 4 bridgehead atoms. The summed E-state index contributed by atoms with van der Waals surface area (Å²) in [6.07, 6.45) is 1.44. The van der Waals surface area contributed by atoms with Crippen molar-refractivity contribution in [3.05, 3.63) is 77.4 Å². The van der Waals surface area contributed by atoms with Crippen molar-refractivity contribution in [1.29, 1.82) is 0 Å². The van der Waals surface area contributed by atoms with Crippen molar-refractivity contribution in [3.63, 3.8) is 0 Å². The van der Waals surface area contributed by atoms with Crippen LogP contribution in [0.4, 0.5) is 5.69 Å². The van der Waals surface area contributed by atoms with Crippen LogP contribution in [0.15, 0.2) is 60.7 Å². The van der Waals surface area contributed by atoms with Gasteiger partial charge in [-0.3, -0.25) is 19.2 Å². The number of rotatable bonds is 4. The zero-order valence-corrected chi connectivity index (χ0v) is 26.5. The number of hydrogen-bond acceptors (Lipinski definition) is 8. The highest BCUT2D eigenvalue weighted by molar-refractivity contribution is 5.99. The van der Waals surface area contributed by atoms with Crippen LogP contribution in [0.5, 0.6) is 23.0 Å². The summed E-state index contributed by atoms with van der Waals surface area (Å²) in [7, 11) is 3.06. The van der Waals surface area contributed by atoms with E-state index in [-0.39, 0.29) is 50.4 Å². The number of ether oxygens (including phenoxy) is 4. The molecule has 47 heavy (non-hydrogen) atoms. The number of nitrogens with one attached hydrogen (secondary N) is 2. The Hall–Kier alpha value is -5.26. The van der Waals surface area contributed by atoms with Crippen molar-refractivity contribution in [1.82, 2.24) is 15.5 Å². The Morgan fingerprint density at radius 3 is 2.53 bits per heavy atom. The number of carbonyl (C=O) groups excluding carboxylic acids is 4. The molecule has 0 aromatic heterocycles. The monoisotopic (exact) mass is 642 g/mol. The van der Waals surface area contributed by atoms with Crippen LogP contribution in [0.1, 0.15) is 40.7 Å². The highest BCUT2D eigenvalue weighted by Gasteiger charge is 2.38. The first-order valence-corrected chi connectivity index (χ1v) is 15.7. The molecule has 0 unspecified atom stereocenters. The van der Waals surface area contributed by atoms with Crippen LogP contribution in [0.25, 0.3) is 0 Å². The van der Waals surface area contributed by atoms with Gasteiger partial charge < -0.3 is 39.4 Å². The zero-order valence-electron chi connectivity index (χ0n) is 26.5. The average molecular weight is 643 g/mol. The molecule has 6 aliphatic heterocycles. The minimum Gasteiger partial charge on any atom is -0.496 e. The number of nitrogens with zero attached hydrogens (tertiary/aromatic N) is 2.